The van der Waals surface area contributed by atoms with Crippen LogP contribution < -0.4 is 0 Å². The van der Waals surface area contributed by atoms with Crippen molar-refractivity contribution in [1.29, 1.82) is 0 Å². The molecule has 0 bridgehead atoms. The summed E-state index contributed by atoms with van der Waals surface area (Å²) in [6, 6.07) is 54.2. The molecule has 0 amide bonds. The van der Waals surface area contributed by atoms with Gasteiger partial charge in [-0.05, 0) is 46.2 Å². The van der Waals surface area contributed by atoms with Crippen molar-refractivity contribution in [2.75, 3.05) is 79.3 Å². The average molecular weight is 1100 g/mol. The zero-order valence-corrected chi connectivity index (χ0v) is 46.6. The Morgan fingerprint density at radius 2 is 0.605 bits per heavy atom. The van der Waals surface area contributed by atoms with Gasteiger partial charge in [0.05, 0.1) is 46.8 Å². The summed E-state index contributed by atoms with van der Waals surface area (Å²) in [4.78, 5) is 66.5. The molecule has 0 spiro atoms. The number of allylic oxidation sites excluding steroid dienone is 1. The number of hydrogen-bond donors (Lipinski definition) is 0. The first-order valence-electron chi connectivity index (χ1n) is 27.9. The third kappa shape index (κ3) is 20.9. The second-order valence-electron chi connectivity index (χ2n) is 19.9. The van der Waals surface area contributed by atoms with Gasteiger partial charge in [-0.2, -0.15) is 0 Å². The van der Waals surface area contributed by atoms with Gasteiger partial charge in [-0.25, -0.2) is 0 Å². The Kier molecular flexibility index (Phi) is 26.3. The summed E-state index contributed by atoms with van der Waals surface area (Å²) in [6.07, 6.45) is 2.71. The van der Waals surface area contributed by atoms with E-state index in [0.29, 0.717) is 12.8 Å². The summed E-state index contributed by atoms with van der Waals surface area (Å²) in [5.74, 6) is -1.90. The van der Waals surface area contributed by atoms with E-state index in [1.54, 1.807) is 6.08 Å². The third-order valence-corrected chi connectivity index (χ3v) is 14.2. The molecule has 7 rings (SSSR count). The quantitative estimate of drug-likeness (QED) is 0.0251. The monoisotopic (exact) mass is 1100 g/mol. The molecule has 0 aromatic heterocycles. The second-order valence-corrected chi connectivity index (χ2v) is 19.9. The smallest absolute Gasteiger partial charge is 0.326 e. The summed E-state index contributed by atoms with van der Waals surface area (Å²) in [5.41, 5.74) is 5.29. The molecular formula is C66H78N4O11. The summed E-state index contributed by atoms with van der Waals surface area (Å²) in [6.45, 7) is 6.70. The number of nitrogens with zero attached hydrogens (tertiary/aromatic N) is 4. The lowest BCUT2D eigenvalue weighted by atomic mass is 10.1. The fraction of sp³-hybridized carbons (Fsp3) is 0.364. The summed E-state index contributed by atoms with van der Waals surface area (Å²) in [7, 11) is 1.38. The SMILES string of the molecule is C=CCC[C@@H](C(=O)OC)N1CCN([C@@H](COCc2ccccc2)C(=O)OCc2ccccc2)CCN([C@@H](COCc2ccccc2)C(=O)OCc2ccccc2)CCN([C@@H](COCc2ccccc2)C(=O)OCc2ccccc2)CC1. The lowest BCUT2D eigenvalue weighted by Gasteiger charge is -2.40. The van der Waals surface area contributed by atoms with Crippen LogP contribution in [0.4, 0.5) is 0 Å². The second kappa shape index (κ2) is 34.7. The molecule has 1 heterocycles. The molecule has 1 saturated heterocycles. The normalized spacial score (nSPS) is 15.6. The molecule has 1 aliphatic rings. The van der Waals surface area contributed by atoms with Gasteiger partial charge in [-0.1, -0.05) is 188 Å². The lowest BCUT2D eigenvalue weighted by molar-refractivity contribution is -0.158. The topological polar surface area (TPSA) is 146 Å². The Bertz CT molecular complexity index is 2630. The predicted octanol–water partition coefficient (Wildman–Crippen LogP) is 8.70. The number of rotatable bonds is 29. The molecular weight excluding hydrogens is 1020 g/mol. The molecule has 81 heavy (non-hydrogen) atoms. The van der Waals surface area contributed by atoms with Gasteiger partial charge < -0.3 is 33.2 Å². The number of carbonyl (C=O) groups is 4. The first-order chi connectivity index (χ1) is 39.8. The van der Waals surface area contributed by atoms with Gasteiger partial charge in [-0.3, -0.25) is 38.8 Å². The minimum Gasteiger partial charge on any atom is -0.468 e. The summed E-state index contributed by atoms with van der Waals surface area (Å²) in [5, 5.41) is 0. The molecule has 428 valence electrons. The number of carbonyl (C=O) groups excluding carboxylic acids is 4. The van der Waals surface area contributed by atoms with Crippen molar-refractivity contribution >= 4 is 23.9 Å². The summed E-state index contributed by atoms with van der Waals surface area (Å²) >= 11 is 0. The highest BCUT2D eigenvalue weighted by molar-refractivity contribution is 5.77. The fourth-order valence-electron chi connectivity index (χ4n) is 9.61. The van der Waals surface area contributed by atoms with Crippen molar-refractivity contribution in [3.63, 3.8) is 0 Å². The Balaban J connectivity index is 1.28. The van der Waals surface area contributed by atoms with Crippen LogP contribution in [-0.4, -0.2) is 147 Å². The van der Waals surface area contributed by atoms with Crippen LogP contribution in [0.15, 0.2) is 195 Å². The molecule has 0 radical (unpaired) electrons. The van der Waals surface area contributed by atoms with E-state index in [1.807, 2.05) is 197 Å². The maximum atomic E-state index is 14.9. The van der Waals surface area contributed by atoms with Crippen LogP contribution in [0, 0.1) is 0 Å². The van der Waals surface area contributed by atoms with Crippen LogP contribution in [0.5, 0.6) is 0 Å². The van der Waals surface area contributed by atoms with Crippen molar-refractivity contribution in [3.05, 3.63) is 228 Å². The van der Waals surface area contributed by atoms with Gasteiger partial charge in [0, 0.05) is 52.4 Å². The minimum absolute atomic E-state index is 0.0221. The first kappa shape index (κ1) is 61.3. The van der Waals surface area contributed by atoms with Gasteiger partial charge in [0.1, 0.15) is 44.0 Å². The summed E-state index contributed by atoms with van der Waals surface area (Å²) < 4.78 is 43.1. The van der Waals surface area contributed by atoms with Crippen LogP contribution >= 0.6 is 0 Å². The van der Waals surface area contributed by atoms with Crippen molar-refractivity contribution in [2.24, 2.45) is 0 Å². The van der Waals surface area contributed by atoms with Crippen LogP contribution in [0.3, 0.4) is 0 Å². The molecule has 0 saturated carbocycles. The molecule has 15 heteroatoms. The number of hydrogen-bond acceptors (Lipinski definition) is 15. The third-order valence-electron chi connectivity index (χ3n) is 14.2. The van der Waals surface area contributed by atoms with Gasteiger partial charge >= 0.3 is 23.9 Å². The van der Waals surface area contributed by atoms with E-state index in [-0.39, 0.29) is 112 Å². The number of methoxy groups -OCH3 is 1. The highest BCUT2D eigenvalue weighted by Crippen LogP contribution is 2.19. The number of esters is 4. The Morgan fingerprint density at radius 1 is 0.370 bits per heavy atom. The molecule has 6 aromatic carbocycles. The molecule has 1 fully saturated rings. The molecule has 1 aliphatic heterocycles. The van der Waals surface area contributed by atoms with Crippen LogP contribution in [0.2, 0.25) is 0 Å². The minimum atomic E-state index is -0.946. The maximum absolute atomic E-state index is 14.9. The predicted molar refractivity (Wildman–Crippen MR) is 310 cm³/mol. The van der Waals surface area contributed by atoms with Gasteiger partial charge in [-0.15, -0.1) is 6.58 Å². The Labute approximate surface area is 477 Å². The number of ether oxygens (including phenoxy) is 7. The van der Waals surface area contributed by atoms with E-state index >= 15 is 0 Å². The van der Waals surface area contributed by atoms with Crippen LogP contribution in [0.25, 0.3) is 0 Å². The Morgan fingerprint density at radius 3 is 0.840 bits per heavy atom. The van der Waals surface area contributed by atoms with E-state index in [9.17, 15) is 19.2 Å². The van der Waals surface area contributed by atoms with E-state index < -0.39 is 48.0 Å². The Hall–Kier alpha value is -7.34. The molecule has 15 nitrogen and oxygen atoms in total. The zero-order chi connectivity index (χ0) is 56.7. The highest BCUT2D eigenvalue weighted by Gasteiger charge is 2.37. The molecule has 0 N–H and O–H groups in total. The lowest BCUT2D eigenvalue weighted by Crippen LogP contribution is -2.58. The maximum Gasteiger partial charge on any atom is 0.326 e. The van der Waals surface area contributed by atoms with Crippen LogP contribution in [0.1, 0.15) is 46.2 Å². The number of benzene rings is 6. The van der Waals surface area contributed by atoms with E-state index in [2.05, 4.69) is 11.5 Å². The van der Waals surface area contributed by atoms with E-state index in [1.165, 1.54) is 7.11 Å². The van der Waals surface area contributed by atoms with E-state index in [0.717, 1.165) is 33.4 Å². The molecule has 0 unspecified atom stereocenters. The average Bonchev–Trinajstić information content (AvgIpc) is 3.51. The van der Waals surface area contributed by atoms with Gasteiger partial charge in [0.25, 0.3) is 0 Å². The molecule has 4 atom stereocenters. The van der Waals surface area contributed by atoms with Gasteiger partial charge in [0.2, 0.25) is 0 Å². The fourth-order valence-corrected chi connectivity index (χ4v) is 9.61. The molecule has 6 aromatic rings. The van der Waals surface area contributed by atoms with Crippen molar-refractivity contribution < 1.29 is 52.3 Å². The van der Waals surface area contributed by atoms with Gasteiger partial charge in [0.15, 0.2) is 0 Å². The van der Waals surface area contributed by atoms with Crippen molar-refractivity contribution in [3.8, 4) is 0 Å². The highest BCUT2D eigenvalue weighted by atomic mass is 16.6. The zero-order valence-electron chi connectivity index (χ0n) is 46.6. The van der Waals surface area contributed by atoms with Crippen molar-refractivity contribution in [1.82, 2.24) is 19.6 Å². The first-order valence-corrected chi connectivity index (χ1v) is 27.9. The van der Waals surface area contributed by atoms with Crippen LogP contribution in [-0.2, 0) is 92.0 Å². The largest absolute Gasteiger partial charge is 0.468 e. The van der Waals surface area contributed by atoms with E-state index in [4.69, 9.17) is 33.2 Å². The van der Waals surface area contributed by atoms with Crippen molar-refractivity contribution in [2.45, 2.75) is 76.7 Å². The standard InChI is InChI=1S/C66H78N4O11/c1-3-4-35-59(63(71)75-2)67-36-38-68(60(50-76-44-53-23-11-5-12-24-53)64(72)79-47-56-29-17-8-18-30-56)40-42-70(62(52-78-46-55-27-15-7-16-28-55)66(74)81-49-58-33-21-10-22-34-58)43-41-69(39-37-67)61(51-77-45-54-25-13-6-14-26-54)65(73)80-48-57-31-19-9-20-32-57/h3,5-34,59-62H,1,4,35-52H2,2H3/t59-,60-,61-,62-/m0/s1. The molecule has 0 aliphatic carbocycles.